The summed E-state index contributed by atoms with van der Waals surface area (Å²) in [7, 11) is -1.08. The number of pyridine rings is 1. The van der Waals surface area contributed by atoms with Crippen LogP contribution in [0.25, 0.3) is 11.6 Å². The maximum absolute atomic E-state index is 14.0. The van der Waals surface area contributed by atoms with Gasteiger partial charge in [-0.25, -0.2) is 0 Å². The van der Waals surface area contributed by atoms with Crippen LogP contribution < -0.4 is 4.74 Å². The summed E-state index contributed by atoms with van der Waals surface area (Å²) in [4.78, 5) is 34.8. The number of allylic oxidation sites excluding steroid dienone is 1. The van der Waals surface area contributed by atoms with Gasteiger partial charge in [0.2, 0.25) is 11.8 Å². The molecule has 2 amide bonds. The van der Waals surface area contributed by atoms with E-state index in [1.807, 2.05) is 78.2 Å². The summed E-state index contributed by atoms with van der Waals surface area (Å²) >= 11 is 1.52. The molecule has 2 N–H and O–H groups in total. The standard InChI is InChI=1S/C37H35BN2O6S/c41-27-9-6-8-24(19-27)18-25(32-13-4-5-16-39-32)14-15-33-34-26(23-45-28-10-2-1-3-11-28)20-30-35(31(34)21-38(44)46-33)37(43)40(36(30)42)22-29-12-7-17-47-29/h1-13,16-19,30-31,33,35,41,44H,14-15,20-23H2/b25-18-/t30-,31+,33-,35-/m1/s1. The zero-order valence-electron chi connectivity index (χ0n) is 25.8. The predicted molar refractivity (Wildman–Crippen MR) is 181 cm³/mol. The van der Waals surface area contributed by atoms with E-state index in [9.17, 15) is 19.7 Å². The second-order valence-corrected chi connectivity index (χ2v) is 13.3. The number of carbonyl (C=O) groups excluding carboxylic acids is 2. The highest BCUT2D eigenvalue weighted by molar-refractivity contribution is 7.09. The Labute approximate surface area is 278 Å². The fourth-order valence-corrected chi connectivity index (χ4v) is 7.99. The fourth-order valence-electron chi connectivity index (χ4n) is 7.29. The van der Waals surface area contributed by atoms with Crippen LogP contribution in [-0.4, -0.2) is 51.7 Å². The number of nitrogens with zero attached hydrogens (tertiary/aromatic N) is 2. The van der Waals surface area contributed by atoms with Crippen LogP contribution in [0.4, 0.5) is 0 Å². The molecule has 4 aromatic rings. The van der Waals surface area contributed by atoms with E-state index >= 15 is 0 Å². The first-order valence-electron chi connectivity index (χ1n) is 16.0. The maximum Gasteiger partial charge on any atom is 0.455 e. The van der Waals surface area contributed by atoms with Crippen molar-refractivity contribution in [3.8, 4) is 11.5 Å². The average molecular weight is 647 g/mol. The Balaban J connectivity index is 1.22. The molecule has 8 nitrogen and oxygen atoms in total. The van der Waals surface area contributed by atoms with Gasteiger partial charge in [0, 0.05) is 11.1 Å². The monoisotopic (exact) mass is 646 g/mol. The number of aromatic nitrogens is 1. The SMILES string of the molecule is O=C1[C@@H]2[C@@H](CC(COc3ccccc3)=C3[C@@H](CC/C(=C/c4cccc(O)c4)c4ccccn4)OB(O)C[C@@H]32)C(=O)N1Cc1cccs1. The molecule has 0 unspecified atom stereocenters. The van der Waals surface area contributed by atoms with Gasteiger partial charge in [-0.2, -0.15) is 0 Å². The van der Waals surface area contributed by atoms with Crippen molar-refractivity contribution in [2.45, 2.75) is 38.2 Å². The summed E-state index contributed by atoms with van der Waals surface area (Å²) in [5, 5.41) is 23.1. The smallest absolute Gasteiger partial charge is 0.455 e. The first kappa shape index (κ1) is 31.1. The predicted octanol–water partition coefficient (Wildman–Crippen LogP) is 6.25. The maximum atomic E-state index is 14.0. The molecule has 4 atom stereocenters. The molecule has 0 saturated carbocycles. The minimum atomic E-state index is -1.08. The highest BCUT2D eigenvalue weighted by Crippen LogP contribution is 2.51. The van der Waals surface area contributed by atoms with Gasteiger partial charge < -0.3 is 19.5 Å². The highest BCUT2D eigenvalue weighted by atomic mass is 32.1. The molecule has 3 aliphatic rings. The highest BCUT2D eigenvalue weighted by Gasteiger charge is 2.57. The van der Waals surface area contributed by atoms with Crippen molar-refractivity contribution >= 4 is 41.9 Å². The van der Waals surface area contributed by atoms with Gasteiger partial charge in [-0.1, -0.05) is 42.5 Å². The summed E-state index contributed by atoms with van der Waals surface area (Å²) in [6.07, 6.45) is 4.96. The van der Waals surface area contributed by atoms with Crippen molar-refractivity contribution in [1.29, 1.82) is 0 Å². The van der Waals surface area contributed by atoms with Gasteiger partial charge >= 0.3 is 7.12 Å². The molecular formula is C37H35BN2O6S. The molecule has 2 saturated heterocycles. The van der Waals surface area contributed by atoms with Gasteiger partial charge in [0.05, 0.1) is 30.2 Å². The minimum Gasteiger partial charge on any atom is -0.508 e. The minimum absolute atomic E-state index is 0.159. The van der Waals surface area contributed by atoms with Crippen LogP contribution in [-0.2, 0) is 20.8 Å². The van der Waals surface area contributed by atoms with Crippen molar-refractivity contribution in [3.63, 3.8) is 0 Å². The van der Waals surface area contributed by atoms with Gasteiger partial charge in [0.15, 0.2) is 0 Å². The number of thiophene rings is 1. The van der Waals surface area contributed by atoms with Crippen LogP contribution in [0.1, 0.15) is 35.4 Å². The molecule has 1 aliphatic carbocycles. The third-order valence-corrected chi connectivity index (χ3v) is 10.2. The van der Waals surface area contributed by atoms with Crippen molar-refractivity contribution < 1.29 is 29.1 Å². The van der Waals surface area contributed by atoms with Crippen molar-refractivity contribution in [1.82, 2.24) is 9.88 Å². The van der Waals surface area contributed by atoms with Gasteiger partial charge in [0.1, 0.15) is 18.1 Å². The van der Waals surface area contributed by atoms with Crippen LogP contribution >= 0.6 is 11.3 Å². The van der Waals surface area contributed by atoms with Crippen molar-refractivity contribution in [3.05, 3.63) is 124 Å². The Bertz CT molecular complexity index is 1800. The largest absolute Gasteiger partial charge is 0.508 e. The van der Waals surface area contributed by atoms with Crippen LogP contribution in [0.15, 0.2) is 108 Å². The molecule has 2 aromatic carbocycles. The first-order valence-corrected chi connectivity index (χ1v) is 16.8. The summed E-state index contributed by atoms with van der Waals surface area (Å²) in [6, 6.07) is 26.2. The topological polar surface area (TPSA) is 109 Å². The summed E-state index contributed by atoms with van der Waals surface area (Å²) < 4.78 is 12.5. The Kier molecular flexibility index (Phi) is 9.06. The van der Waals surface area contributed by atoms with Crippen molar-refractivity contribution in [2.75, 3.05) is 6.61 Å². The van der Waals surface area contributed by atoms with Crippen LogP contribution in [0.3, 0.4) is 0 Å². The molecular weight excluding hydrogens is 611 g/mol. The summed E-state index contributed by atoms with van der Waals surface area (Å²) in [6.45, 7) is 0.517. The fraction of sp³-hybridized carbons (Fsp3) is 0.270. The molecule has 2 fully saturated rings. The molecule has 7 rings (SSSR count). The number of phenolic OH excluding ortho intramolecular Hbond substituents is 1. The van der Waals surface area contributed by atoms with Crippen LogP contribution in [0.5, 0.6) is 11.5 Å². The molecule has 2 aromatic heterocycles. The van der Waals surface area contributed by atoms with Gasteiger partial charge in [-0.3, -0.25) is 19.5 Å². The number of hydrogen-bond acceptors (Lipinski definition) is 8. The number of amides is 2. The number of rotatable bonds is 10. The Morgan fingerprint density at radius 3 is 2.64 bits per heavy atom. The first-order chi connectivity index (χ1) is 22.9. The summed E-state index contributed by atoms with van der Waals surface area (Å²) in [5.74, 6) is -0.862. The number of fused-ring (bicyclic) bond motifs is 3. The van der Waals surface area contributed by atoms with E-state index in [0.717, 1.165) is 32.9 Å². The number of phenols is 1. The summed E-state index contributed by atoms with van der Waals surface area (Å²) in [5.41, 5.74) is 4.50. The number of aromatic hydroxyl groups is 1. The average Bonchev–Trinajstić information content (AvgIpc) is 3.69. The van der Waals surface area contributed by atoms with Gasteiger partial charge in [-0.15, -0.1) is 11.3 Å². The second kappa shape index (κ2) is 13.7. The van der Waals surface area contributed by atoms with E-state index in [2.05, 4.69) is 4.98 Å². The molecule has 4 heterocycles. The lowest BCUT2D eigenvalue weighted by atomic mass is 9.58. The van der Waals surface area contributed by atoms with E-state index < -0.39 is 25.1 Å². The number of ether oxygens (including phenoxy) is 1. The van der Waals surface area contributed by atoms with E-state index in [4.69, 9.17) is 9.39 Å². The third kappa shape index (κ3) is 6.67. The number of imide groups is 1. The van der Waals surface area contributed by atoms with E-state index in [0.29, 0.717) is 25.0 Å². The van der Waals surface area contributed by atoms with Crippen molar-refractivity contribution in [2.24, 2.45) is 17.8 Å². The lowest BCUT2D eigenvalue weighted by Gasteiger charge is -2.43. The lowest BCUT2D eigenvalue weighted by molar-refractivity contribution is -0.140. The molecule has 10 heteroatoms. The molecule has 2 aliphatic heterocycles. The quantitative estimate of drug-likeness (QED) is 0.119. The lowest BCUT2D eigenvalue weighted by Crippen LogP contribution is -2.46. The van der Waals surface area contributed by atoms with E-state index in [1.54, 1.807) is 24.4 Å². The Morgan fingerprint density at radius 1 is 1.02 bits per heavy atom. The van der Waals surface area contributed by atoms with Crippen LogP contribution in [0.2, 0.25) is 6.32 Å². The van der Waals surface area contributed by atoms with Gasteiger partial charge in [-0.05, 0) is 108 Å². The van der Waals surface area contributed by atoms with Gasteiger partial charge in [0.25, 0.3) is 0 Å². The molecule has 238 valence electrons. The Hall–Kier alpha value is -4.51. The number of benzene rings is 2. The molecule has 0 bridgehead atoms. The number of hydrogen-bond donors (Lipinski definition) is 2. The number of likely N-dealkylation sites (tertiary alicyclic amines) is 1. The number of para-hydroxylation sites is 1. The van der Waals surface area contributed by atoms with E-state index in [1.165, 1.54) is 16.2 Å². The molecule has 0 radical (unpaired) electrons. The Morgan fingerprint density at radius 2 is 1.87 bits per heavy atom. The normalized spacial score (nSPS) is 22.8. The zero-order chi connectivity index (χ0) is 32.3. The second-order valence-electron chi connectivity index (χ2n) is 12.3. The number of carbonyl (C=O) groups is 2. The van der Waals surface area contributed by atoms with E-state index in [-0.39, 0.29) is 43.0 Å². The molecule has 47 heavy (non-hydrogen) atoms. The van der Waals surface area contributed by atoms with Crippen LogP contribution in [0, 0.1) is 17.8 Å². The third-order valence-electron chi connectivity index (χ3n) is 9.33. The zero-order valence-corrected chi connectivity index (χ0v) is 26.6. The molecule has 0 spiro atoms.